The van der Waals surface area contributed by atoms with Crippen molar-refractivity contribution in [2.24, 2.45) is 0 Å². The van der Waals surface area contributed by atoms with Crippen LogP contribution in [0.4, 0.5) is 11.4 Å². The largest absolute Gasteiger partial charge is 0.491 e. The van der Waals surface area contributed by atoms with Crippen molar-refractivity contribution in [3.05, 3.63) is 46.5 Å². The number of hydrogen-bond donors (Lipinski definition) is 3. The first-order valence-electron chi connectivity index (χ1n) is 11.4. The van der Waals surface area contributed by atoms with Gasteiger partial charge in [0.05, 0.1) is 30.5 Å². The maximum absolute atomic E-state index is 13.0. The molecule has 3 aliphatic rings. The zero-order valence-electron chi connectivity index (χ0n) is 18.5. The Morgan fingerprint density at radius 2 is 2.21 bits per heavy atom. The van der Waals surface area contributed by atoms with Crippen LogP contribution in [-0.2, 0) is 11.2 Å². The van der Waals surface area contributed by atoms with Gasteiger partial charge in [0.25, 0.3) is 5.91 Å². The van der Waals surface area contributed by atoms with E-state index in [9.17, 15) is 4.79 Å². The molecule has 3 aromatic rings. The number of nitrogens with two attached hydrogens (primary N) is 1. The highest BCUT2D eigenvalue weighted by Gasteiger charge is 2.36. The van der Waals surface area contributed by atoms with Gasteiger partial charge in [-0.25, -0.2) is 4.98 Å². The lowest BCUT2D eigenvalue weighted by Gasteiger charge is -2.28. The fraction of sp³-hybridized carbons (Fsp3) is 0.417. The lowest BCUT2D eigenvalue weighted by Crippen LogP contribution is -2.47. The van der Waals surface area contributed by atoms with Crippen molar-refractivity contribution in [3.63, 3.8) is 0 Å². The minimum absolute atomic E-state index is 0.109. The summed E-state index contributed by atoms with van der Waals surface area (Å²) in [5.74, 6) is 0.719. The van der Waals surface area contributed by atoms with Gasteiger partial charge < -0.3 is 30.7 Å². The standard InChI is InChI=1S/C24H27N5O3S/c1-13-2-5-17-21(25)22(33-24(17)27-13)23(30)28-15-8-14-3-4-16(9-19(14)32-12-15)29-10-18-20(11-29)31-7-6-26-18/h2-5,9,15,18,20,26H,6-8,10-12,25H2,1H3,(H,28,30)/t15-,18-,20+/m1/s1. The number of nitrogens with zero attached hydrogens (tertiary/aromatic N) is 2. The summed E-state index contributed by atoms with van der Waals surface area (Å²) < 4.78 is 12.0. The molecule has 2 saturated heterocycles. The van der Waals surface area contributed by atoms with Gasteiger partial charge >= 0.3 is 0 Å². The van der Waals surface area contributed by atoms with Gasteiger partial charge in [-0.05, 0) is 37.1 Å². The molecule has 0 bridgehead atoms. The minimum atomic E-state index is -0.172. The van der Waals surface area contributed by atoms with E-state index in [1.54, 1.807) is 0 Å². The topological polar surface area (TPSA) is 102 Å². The molecule has 0 spiro atoms. The van der Waals surface area contributed by atoms with E-state index in [1.807, 2.05) is 19.1 Å². The van der Waals surface area contributed by atoms with Gasteiger partial charge in [-0.3, -0.25) is 4.79 Å². The third-order valence-corrected chi connectivity index (χ3v) is 7.82. The number of rotatable bonds is 3. The van der Waals surface area contributed by atoms with Crippen LogP contribution in [0.2, 0.25) is 0 Å². The number of thiophene rings is 1. The molecule has 3 aliphatic heterocycles. The third kappa shape index (κ3) is 3.80. The number of aromatic nitrogens is 1. The predicted molar refractivity (Wildman–Crippen MR) is 129 cm³/mol. The van der Waals surface area contributed by atoms with Crippen LogP contribution >= 0.6 is 11.3 Å². The molecular formula is C24H27N5O3S. The number of benzene rings is 1. The summed E-state index contributed by atoms with van der Waals surface area (Å²) in [6.45, 7) is 5.88. The number of anilines is 2. The average Bonchev–Trinajstić information content (AvgIpc) is 3.39. The number of amides is 1. The Hall–Kier alpha value is -2.88. The molecule has 3 atom stereocenters. The summed E-state index contributed by atoms with van der Waals surface area (Å²) in [5, 5.41) is 7.47. The summed E-state index contributed by atoms with van der Waals surface area (Å²) in [7, 11) is 0. The Morgan fingerprint density at radius 3 is 3.09 bits per heavy atom. The van der Waals surface area contributed by atoms with Crippen LogP contribution in [-0.4, -0.2) is 61.9 Å². The monoisotopic (exact) mass is 465 g/mol. The summed E-state index contributed by atoms with van der Waals surface area (Å²) in [6, 6.07) is 10.5. The normalized spacial score (nSPS) is 24.3. The zero-order chi connectivity index (χ0) is 22.5. The smallest absolute Gasteiger partial charge is 0.263 e. The first-order valence-corrected chi connectivity index (χ1v) is 12.2. The maximum Gasteiger partial charge on any atom is 0.263 e. The van der Waals surface area contributed by atoms with Crippen molar-refractivity contribution in [1.29, 1.82) is 0 Å². The molecule has 2 aromatic heterocycles. The summed E-state index contributed by atoms with van der Waals surface area (Å²) in [6.07, 6.45) is 0.968. The molecule has 1 aromatic carbocycles. The minimum Gasteiger partial charge on any atom is -0.491 e. The van der Waals surface area contributed by atoms with Gasteiger partial charge in [-0.2, -0.15) is 0 Å². The van der Waals surface area contributed by atoms with E-state index in [0.717, 1.165) is 65.6 Å². The molecule has 2 fully saturated rings. The Morgan fingerprint density at radius 1 is 1.30 bits per heavy atom. The fourth-order valence-electron chi connectivity index (χ4n) is 4.96. The predicted octanol–water partition coefficient (Wildman–Crippen LogP) is 2.10. The van der Waals surface area contributed by atoms with Crippen molar-refractivity contribution < 1.29 is 14.3 Å². The number of morpholine rings is 1. The SMILES string of the molecule is Cc1ccc2c(N)c(C(=O)N[C@H]3COc4cc(N5C[C@@H]6OCCN[C@@H]6C5)ccc4C3)sc2n1. The highest BCUT2D eigenvalue weighted by atomic mass is 32.1. The molecule has 0 aliphatic carbocycles. The van der Waals surface area contributed by atoms with Crippen molar-refractivity contribution in [1.82, 2.24) is 15.6 Å². The molecule has 5 heterocycles. The van der Waals surface area contributed by atoms with Gasteiger partial charge in [0.1, 0.15) is 22.1 Å². The van der Waals surface area contributed by atoms with E-state index < -0.39 is 0 Å². The molecule has 4 N–H and O–H groups in total. The maximum atomic E-state index is 13.0. The van der Waals surface area contributed by atoms with E-state index in [4.69, 9.17) is 15.2 Å². The second-order valence-electron chi connectivity index (χ2n) is 9.00. The first-order chi connectivity index (χ1) is 16.0. The van der Waals surface area contributed by atoms with E-state index in [1.165, 1.54) is 11.3 Å². The number of fused-ring (bicyclic) bond motifs is 3. The van der Waals surface area contributed by atoms with Gasteiger partial charge in [-0.15, -0.1) is 11.3 Å². The number of hydrogen-bond acceptors (Lipinski definition) is 8. The number of aryl methyl sites for hydroxylation is 1. The molecule has 9 heteroatoms. The number of nitrogens with one attached hydrogen (secondary N) is 2. The van der Waals surface area contributed by atoms with Crippen LogP contribution in [0, 0.1) is 6.92 Å². The van der Waals surface area contributed by atoms with Crippen molar-refractivity contribution in [2.75, 3.05) is 43.5 Å². The quantitative estimate of drug-likeness (QED) is 0.544. The van der Waals surface area contributed by atoms with E-state index in [-0.39, 0.29) is 18.1 Å². The molecule has 33 heavy (non-hydrogen) atoms. The van der Waals surface area contributed by atoms with Crippen LogP contribution in [0.3, 0.4) is 0 Å². The fourth-order valence-corrected chi connectivity index (χ4v) is 6.01. The van der Waals surface area contributed by atoms with E-state index >= 15 is 0 Å². The molecule has 0 saturated carbocycles. The second kappa shape index (κ2) is 8.16. The van der Waals surface area contributed by atoms with Crippen LogP contribution in [0.15, 0.2) is 30.3 Å². The summed E-state index contributed by atoms with van der Waals surface area (Å²) in [5.41, 5.74) is 9.90. The highest BCUT2D eigenvalue weighted by Crippen LogP contribution is 2.34. The summed E-state index contributed by atoms with van der Waals surface area (Å²) >= 11 is 1.33. The van der Waals surface area contributed by atoms with Gasteiger partial charge in [0.2, 0.25) is 0 Å². The van der Waals surface area contributed by atoms with Gasteiger partial charge in [-0.1, -0.05) is 6.07 Å². The van der Waals surface area contributed by atoms with Gasteiger partial charge in [0, 0.05) is 42.5 Å². The van der Waals surface area contributed by atoms with Crippen molar-refractivity contribution in [2.45, 2.75) is 31.5 Å². The number of nitrogen functional groups attached to an aromatic ring is 1. The van der Waals surface area contributed by atoms with Crippen LogP contribution in [0.1, 0.15) is 20.9 Å². The molecule has 0 radical (unpaired) electrons. The second-order valence-corrected chi connectivity index (χ2v) is 10.0. The molecular weight excluding hydrogens is 438 g/mol. The van der Waals surface area contributed by atoms with Crippen molar-refractivity contribution >= 4 is 38.8 Å². The average molecular weight is 466 g/mol. The van der Waals surface area contributed by atoms with Crippen LogP contribution in [0.5, 0.6) is 5.75 Å². The molecule has 8 nitrogen and oxygen atoms in total. The molecule has 6 rings (SSSR count). The van der Waals surface area contributed by atoms with Gasteiger partial charge in [0.15, 0.2) is 0 Å². The van der Waals surface area contributed by atoms with Crippen LogP contribution in [0.25, 0.3) is 10.2 Å². The Kier molecular flexibility index (Phi) is 5.12. The molecule has 0 unspecified atom stereocenters. The summed E-state index contributed by atoms with van der Waals surface area (Å²) in [4.78, 5) is 21.1. The highest BCUT2D eigenvalue weighted by molar-refractivity contribution is 7.21. The lowest BCUT2D eigenvalue weighted by molar-refractivity contribution is 0.0212. The van der Waals surface area contributed by atoms with Crippen LogP contribution < -0.4 is 26.0 Å². The lowest BCUT2D eigenvalue weighted by atomic mass is 10.0. The number of carbonyl (C=O) groups is 1. The Balaban J connectivity index is 1.14. The molecule has 172 valence electrons. The Labute approximate surface area is 196 Å². The Bertz CT molecular complexity index is 1210. The molecule has 1 amide bonds. The third-order valence-electron chi connectivity index (χ3n) is 6.70. The van der Waals surface area contributed by atoms with Crippen molar-refractivity contribution in [3.8, 4) is 5.75 Å². The first kappa shape index (κ1) is 20.7. The van der Waals surface area contributed by atoms with E-state index in [0.29, 0.717) is 23.2 Å². The number of pyridine rings is 1. The number of ether oxygens (including phenoxy) is 2. The zero-order valence-corrected chi connectivity index (χ0v) is 19.3. The number of carbonyl (C=O) groups excluding carboxylic acids is 1. The van der Waals surface area contributed by atoms with E-state index in [2.05, 4.69) is 38.7 Å².